The number of nitrogens with zero attached hydrogens (tertiary/aromatic N) is 1. The van der Waals surface area contributed by atoms with Gasteiger partial charge in [-0.3, -0.25) is 4.79 Å². The zero-order valence-electron chi connectivity index (χ0n) is 11.4. The monoisotopic (exact) mass is 302 g/mol. The molecule has 1 amide bonds. The number of halogens is 1. The molecule has 0 unspecified atom stereocenters. The zero-order valence-corrected chi connectivity index (χ0v) is 12.1. The van der Waals surface area contributed by atoms with Crippen LogP contribution in [0.15, 0.2) is 42.5 Å². The van der Waals surface area contributed by atoms with Gasteiger partial charge in [-0.1, -0.05) is 29.8 Å². The second-order valence-corrected chi connectivity index (χ2v) is 5.33. The molecule has 0 aliphatic carbocycles. The summed E-state index contributed by atoms with van der Waals surface area (Å²) in [7, 11) is 0. The number of carbonyl (C=O) groups excluding carboxylic acids is 1. The van der Waals surface area contributed by atoms with Crippen LogP contribution in [0.1, 0.15) is 15.9 Å². The van der Waals surface area contributed by atoms with Crippen LogP contribution in [0.2, 0.25) is 5.02 Å². The quantitative estimate of drug-likeness (QED) is 0.948. The lowest BCUT2D eigenvalue weighted by molar-refractivity contribution is 0.1000. The van der Waals surface area contributed by atoms with Gasteiger partial charge in [0.15, 0.2) is 5.75 Å². The minimum absolute atomic E-state index is 0.415. The number of anilines is 1. The molecule has 0 bridgehead atoms. The molecular formula is C16H15ClN2O2. The van der Waals surface area contributed by atoms with Crippen molar-refractivity contribution < 1.29 is 9.53 Å². The fourth-order valence-corrected chi connectivity index (χ4v) is 2.70. The topological polar surface area (TPSA) is 55.6 Å². The molecule has 2 N–H and O–H groups in total. The van der Waals surface area contributed by atoms with Gasteiger partial charge in [-0.05, 0) is 29.8 Å². The van der Waals surface area contributed by atoms with Crippen molar-refractivity contribution in [1.29, 1.82) is 0 Å². The van der Waals surface area contributed by atoms with Crippen molar-refractivity contribution >= 4 is 23.2 Å². The van der Waals surface area contributed by atoms with E-state index in [4.69, 9.17) is 22.1 Å². The second kappa shape index (κ2) is 5.66. The molecule has 0 spiro atoms. The molecule has 108 valence electrons. The van der Waals surface area contributed by atoms with Crippen molar-refractivity contribution in [2.45, 2.75) is 6.54 Å². The Morgan fingerprint density at radius 3 is 2.90 bits per heavy atom. The number of rotatable bonds is 3. The maximum atomic E-state index is 11.3. The van der Waals surface area contributed by atoms with Crippen LogP contribution >= 0.6 is 11.6 Å². The number of hydrogen-bond donors (Lipinski definition) is 1. The van der Waals surface area contributed by atoms with Gasteiger partial charge in [0.2, 0.25) is 5.91 Å². The molecule has 21 heavy (non-hydrogen) atoms. The van der Waals surface area contributed by atoms with Gasteiger partial charge in [-0.15, -0.1) is 0 Å². The third-order valence-corrected chi connectivity index (χ3v) is 3.78. The lowest BCUT2D eigenvalue weighted by Gasteiger charge is -2.31. The predicted molar refractivity (Wildman–Crippen MR) is 83.0 cm³/mol. The molecule has 1 aliphatic heterocycles. The Hall–Kier alpha value is -2.20. The number of para-hydroxylation sites is 1. The van der Waals surface area contributed by atoms with Gasteiger partial charge in [0.05, 0.1) is 17.3 Å². The molecule has 2 aromatic carbocycles. The molecule has 1 aliphatic rings. The summed E-state index contributed by atoms with van der Waals surface area (Å²) in [5.41, 5.74) is 7.84. The van der Waals surface area contributed by atoms with E-state index in [1.54, 1.807) is 6.07 Å². The molecule has 0 fully saturated rings. The number of benzene rings is 2. The first kappa shape index (κ1) is 13.8. The first-order valence-electron chi connectivity index (χ1n) is 6.70. The molecule has 0 radical (unpaired) electrons. The normalized spacial score (nSPS) is 13.5. The Kier molecular flexibility index (Phi) is 3.71. The van der Waals surface area contributed by atoms with E-state index < -0.39 is 5.91 Å². The van der Waals surface area contributed by atoms with E-state index in [0.717, 1.165) is 23.5 Å². The summed E-state index contributed by atoms with van der Waals surface area (Å²) in [6, 6.07) is 13.1. The minimum atomic E-state index is -0.415. The van der Waals surface area contributed by atoms with Crippen molar-refractivity contribution in [2.75, 3.05) is 18.1 Å². The van der Waals surface area contributed by atoms with Crippen LogP contribution < -0.4 is 15.4 Å². The Bertz CT molecular complexity index is 688. The molecular weight excluding hydrogens is 288 g/mol. The first-order chi connectivity index (χ1) is 10.1. The highest BCUT2D eigenvalue weighted by molar-refractivity contribution is 6.32. The SMILES string of the molecule is NC(=O)c1cccc(CN2CCOc3c(Cl)cccc32)c1. The summed E-state index contributed by atoms with van der Waals surface area (Å²) in [5, 5.41) is 0.614. The van der Waals surface area contributed by atoms with Gasteiger partial charge in [0.25, 0.3) is 0 Å². The van der Waals surface area contributed by atoms with Crippen molar-refractivity contribution in [3.05, 3.63) is 58.6 Å². The summed E-state index contributed by atoms with van der Waals surface area (Å²) in [6.45, 7) is 2.04. The third-order valence-electron chi connectivity index (χ3n) is 3.48. The summed E-state index contributed by atoms with van der Waals surface area (Å²) in [4.78, 5) is 13.4. The minimum Gasteiger partial charge on any atom is -0.488 e. The lowest BCUT2D eigenvalue weighted by atomic mass is 10.1. The highest BCUT2D eigenvalue weighted by atomic mass is 35.5. The molecule has 0 atom stereocenters. The predicted octanol–water partition coefficient (Wildman–Crippen LogP) is 2.84. The molecule has 0 saturated heterocycles. The molecule has 5 heteroatoms. The number of nitrogens with two attached hydrogens (primary N) is 1. The van der Waals surface area contributed by atoms with Crippen molar-refractivity contribution in [1.82, 2.24) is 0 Å². The average Bonchev–Trinajstić information content (AvgIpc) is 2.49. The van der Waals surface area contributed by atoms with Crippen LogP contribution in [0.3, 0.4) is 0 Å². The van der Waals surface area contributed by atoms with E-state index >= 15 is 0 Å². The number of fused-ring (bicyclic) bond motifs is 1. The van der Waals surface area contributed by atoms with E-state index in [-0.39, 0.29) is 0 Å². The molecule has 3 rings (SSSR count). The van der Waals surface area contributed by atoms with Gasteiger partial charge in [0.1, 0.15) is 6.61 Å². The summed E-state index contributed by atoms with van der Waals surface area (Å²) in [5.74, 6) is 0.304. The Morgan fingerprint density at radius 1 is 1.29 bits per heavy atom. The highest BCUT2D eigenvalue weighted by Gasteiger charge is 2.20. The standard InChI is InChI=1S/C16H15ClN2O2/c17-13-5-2-6-14-15(13)21-8-7-19(14)10-11-3-1-4-12(9-11)16(18)20/h1-6,9H,7-8,10H2,(H2,18,20). The Labute approximate surface area is 128 Å². The first-order valence-corrected chi connectivity index (χ1v) is 7.08. The smallest absolute Gasteiger partial charge is 0.248 e. The third kappa shape index (κ3) is 2.81. The van der Waals surface area contributed by atoms with E-state index in [2.05, 4.69) is 4.90 Å². The maximum Gasteiger partial charge on any atom is 0.248 e. The largest absolute Gasteiger partial charge is 0.488 e. The highest BCUT2D eigenvalue weighted by Crippen LogP contribution is 2.38. The van der Waals surface area contributed by atoms with Crippen LogP contribution in [0.25, 0.3) is 0 Å². The molecule has 1 heterocycles. The molecule has 0 aromatic heterocycles. The number of carbonyl (C=O) groups is 1. The van der Waals surface area contributed by atoms with Crippen LogP contribution in [0, 0.1) is 0 Å². The van der Waals surface area contributed by atoms with E-state index in [9.17, 15) is 4.79 Å². The number of amides is 1. The van der Waals surface area contributed by atoms with Crippen LogP contribution in [-0.4, -0.2) is 19.1 Å². The second-order valence-electron chi connectivity index (χ2n) is 4.92. The van der Waals surface area contributed by atoms with Gasteiger partial charge in [-0.25, -0.2) is 0 Å². The zero-order chi connectivity index (χ0) is 14.8. The fourth-order valence-electron chi connectivity index (χ4n) is 2.48. The average molecular weight is 303 g/mol. The summed E-state index contributed by atoms with van der Waals surface area (Å²) >= 11 is 6.16. The molecule has 0 saturated carbocycles. The van der Waals surface area contributed by atoms with Gasteiger partial charge in [-0.2, -0.15) is 0 Å². The summed E-state index contributed by atoms with van der Waals surface area (Å²) in [6.07, 6.45) is 0. The van der Waals surface area contributed by atoms with E-state index in [0.29, 0.717) is 23.7 Å². The molecule has 4 nitrogen and oxygen atoms in total. The fraction of sp³-hybridized carbons (Fsp3) is 0.188. The number of ether oxygens (including phenoxy) is 1. The lowest BCUT2D eigenvalue weighted by Crippen LogP contribution is -2.32. The van der Waals surface area contributed by atoms with Crippen LogP contribution in [-0.2, 0) is 6.54 Å². The number of primary amides is 1. The van der Waals surface area contributed by atoms with Crippen molar-refractivity contribution in [3.8, 4) is 5.75 Å². The van der Waals surface area contributed by atoms with Crippen LogP contribution in [0.4, 0.5) is 5.69 Å². The Morgan fingerprint density at radius 2 is 2.10 bits per heavy atom. The van der Waals surface area contributed by atoms with Crippen molar-refractivity contribution in [2.24, 2.45) is 5.73 Å². The van der Waals surface area contributed by atoms with Gasteiger partial charge >= 0.3 is 0 Å². The molecule has 2 aromatic rings. The van der Waals surface area contributed by atoms with E-state index in [1.807, 2.05) is 36.4 Å². The van der Waals surface area contributed by atoms with Crippen LogP contribution in [0.5, 0.6) is 5.75 Å². The van der Waals surface area contributed by atoms with Gasteiger partial charge < -0.3 is 15.4 Å². The summed E-state index contributed by atoms with van der Waals surface area (Å²) < 4.78 is 5.64. The Balaban J connectivity index is 1.89. The van der Waals surface area contributed by atoms with E-state index in [1.165, 1.54) is 0 Å². The maximum absolute atomic E-state index is 11.3. The van der Waals surface area contributed by atoms with Crippen molar-refractivity contribution in [3.63, 3.8) is 0 Å². The number of hydrogen-bond acceptors (Lipinski definition) is 3. The van der Waals surface area contributed by atoms with Gasteiger partial charge in [0, 0.05) is 12.1 Å².